The van der Waals surface area contributed by atoms with Gasteiger partial charge in [0.2, 0.25) is 5.95 Å². The van der Waals surface area contributed by atoms with Crippen molar-refractivity contribution in [2.45, 2.75) is 88.4 Å². The maximum absolute atomic E-state index is 12.9. The third-order valence-corrected chi connectivity index (χ3v) is 10.6. The van der Waals surface area contributed by atoms with Crippen LogP contribution in [-0.2, 0) is 0 Å². The zero-order chi connectivity index (χ0) is 26.6. The summed E-state index contributed by atoms with van der Waals surface area (Å²) in [5, 5.41) is 5.12. The van der Waals surface area contributed by atoms with Crippen molar-refractivity contribution in [2.75, 3.05) is 18.4 Å². The molecule has 1 aromatic carbocycles. The van der Waals surface area contributed by atoms with Gasteiger partial charge in [0.05, 0.1) is 0 Å². The Hall–Kier alpha value is -2.09. The van der Waals surface area contributed by atoms with Crippen LogP contribution in [0.3, 0.4) is 0 Å². The van der Waals surface area contributed by atoms with Crippen molar-refractivity contribution in [2.24, 2.45) is 11.3 Å². The van der Waals surface area contributed by atoms with Gasteiger partial charge in [0.1, 0.15) is 10.7 Å². The van der Waals surface area contributed by atoms with E-state index in [0.29, 0.717) is 29.0 Å². The summed E-state index contributed by atoms with van der Waals surface area (Å²) in [6.45, 7) is 11.4. The molecule has 3 aromatic rings. The molecule has 2 saturated carbocycles. The standard InChI is InChI=1S/C30H38ClN5OS/c1-18(2)35-11-9-30(10-12-35)15-24(16-30)38-23-7-8-26(19(3)13-23)33-29-32-17-22-14-25(31)28(37)36(27(22)34-29)20(4)21-5-6-21/h7-8,13-14,17-18,20-21,24H,5-6,9-12,15-16H2,1-4H3,(H,32,33,34). The van der Waals surface area contributed by atoms with E-state index in [2.05, 4.69) is 61.1 Å². The van der Waals surface area contributed by atoms with Gasteiger partial charge in [-0.1, -0.05) is 11.6 Å². The molecule has 2 aliphatic carbocycles. The first-order valence-corrected chi connectivity index (χ1v) is 15.3. The summed E-state index contributed by atoms with van der Waals surface area (Å²) in [6, 6.07) is 9.01. The Morgan fingerprint density at radius 2 is 1.87 bits per heavy atom. The number of nitrogens with zero attached hydrogens (tertiary/aromatic N) is 4. The number of rotatable bonds is 7. The van der Waals surface area contributed by atoms with Crippen molar-refractivity contribution >= 4 is 46.0 Å². The zero-order valence-corrected chi connectivity index (χ0v) is 24.4. The highest BCUT2D eigenvalue weighted by atomic mass is 35.5. The third-order valence-electron chi connectivity index (χ3n) is 9.10. The van der Waals surface area contributed by atoms with Crippen LogP contribution < -0.4 is 10.9 Å². The van der Waals surface area contributed by atoms with E-state index in [1.165, 1.54) is 43.7 Å². The van der Waals surface area contributed by atoms with E-state index in [1.807, 2.05) is 11.8 Å². The Labute approximate surface area is 234 Å². The van der Waals surface area contributed by atoms with Crippen LogP contribution in [0.25, 0.3) is 11.0 Å². The van der Waals surface area contributed by atoms with Crippen molar-refractivity contribution in [3.8, 4) is 0 Å². The van der Waals surface area contributed by atoms with Crippen LogP contribution in [0.2, 0.25) is 5.02 Å². The Morgan fingerprint density at radius 3 is 2.53 bits per heavy atom. The van der Waals surface area contributed by atoms with Crippen molar-refractivity contribution in [3.05, 3.63) is 51.4 Å². The molecule has 1 saturated heterocycles. The first kappa shape index (κ1) is 26.1. The number of nitrogens with one attached hydrogen (secondary N) is 1. The molecule has 0 radical (unpaired) electrons. The molecule has 3 heterocycles. The number of anilines is 2. The molecular formula is C30H38ClN5OS. The van der Waals surface area contributed by atoms with E-state index in [9.17, 15) is 4.79 Å². The fourth-order valence-electron chi connectivity index (χ4n) is 6.39. The molecule has 1 N–H and O–H groups in total. The van der Waals surface area contributed by atoms with E-state index < -0.39 is 0 Å². The lowest BCUT2D eigenvalue weighted by Crippen LogP contribution is -2.49. The summed E-state index contributed by atoms with van der Waals surface area (Å²) in [5.41, 5.74) is 3.20. The van der Waals surface area contributed by atoms with Crippen LogP contribution >= 0.6 is 23.4 Å². The maximum atomic E-state index is 12.9. The second kappa shape index (κ2) is 10.1. The Morgan fingerprint density at radius 1 is 1.13 bits per heavy atom. The summed E-state index contributed by atoms with van der Waals surface area (Å²) >= 11 is 8.30. The highest BCUT2D eigenvalue weighted by Crippen LogP contribution is 2.55. The van der Waals surface area contributed by atoms with E-state index in [1.54, 1.807) is 16.8 Å². The minimum atomic E-state index is -0.177. The molecule has 38 heavy (non-hydrogen) atoms. The van der Waals surface area contributed by atoms with Gasteiger partial charge in [-0.3, -0.25) is 9.36 Å². The number of pyridine rings is 1. The van der Waals surface area contributed by atoms with Crippen LogP contribution in [0.5, 0.6) is 0 Å². The minimum Gasteiger partial charge on any atom is -0.324 e. The molecule has 0 bridgehead atoms. The minimum absolute atomic E-state index is 0.0675. The Balaban J connectivity index is 1.14. The average Bonchev–Trinajstić information content (AvgIpc) is 3.71. The molecule has 6 nitrogen and oxygen atoms in total. The van der Waals surface area contributed by atoms with Gasteiger partial charge in [0.15, 0.2) is 0 Å². The second-order valence-corrected chi connectivity index (χ2v) is 13.9. The van der Waals surface area contributed by atoms with Crippen LogP contribution in [0.15, 0.2) is 40.2 Å². The third kappa shape index (κ3) is 5.09. The topological polar surface area (TPSA) is 63.1 Å². The number of piperidine rings is 1. The number of aryl methyl sites for hydroxylation is 1. The van der Waals surface area contributed by atoms with Gasteiger partial charge in [-0.15, -0.1) is 11.8 Å². The van der Waals surface area contributed by atoms with Crippen molar-refractivity contribution < 1.29 is 0 Å². The predicted molar refractivity (Wildman–Crippen MR) is 158 cm³/mol. The van der Waals surface area contributed by atoms with Gasteiger partial charge in [0, 0.05) is 39.5 Å². The van der Waals surface area contributed by atoms with Gasteiger partial charge in [-0.25, -0.2) is 4.98 Å². The largest absolute Gasteiger partial charge is 0.324 e. The number of aromatic nitrogens is 3. The summed E-state index contributed by atoms with van der Waals surface area (Å²) in [4.78, 5) is 26.2. The molecule has 1 aliphatic heterocycles. The molecule has 202 valence electrons. The summed E-state index contributed by atoms with van der Waals surface area (Å²) < 4.78 is 1.76. The Kier molecular flexibility index (Phi) is 6.98. The summed E-state index contributed by atoms with van der Waals surface area (Å²) in [5.74, 6) is 1.000. The molecule has 2 aromatic heterocycles. The second-order valence-electron chi connectivity index (χ2n) is 12.1. The number of benzene rings is 1. The van der Waals surface area contributed by atoms with Crippen molar-refractivity contribution in [3.63, 3.8) is 0 Å². The van der Waals surface area contributed by atoms with Crippen molar-refractivity contribution in [1.82, 2.24) is 19.4 Å². The normalized spacial score (nSPS) is 20.7. The zero-order valence-electron chi connectivity index (χ0n) is 22.8. The number of halogens is 1. The first-order valence-electron chi connectivity index (χ1n) is 14.1. The molecule has 0 amide bonds. The van der Waals surface area contributed by atoms with Crippen molar-refractivity contribution in [1.29, 1.82) is 0 Å². The molecule has 3 aliphatic rings. The van der Waals surface area contributed by atoms with E-state index in [-0.39, 0.29) is 16.6 Å². The van der Waals surface area contributed by atoms with Crippen LogP contribution in [-0.4, -0.2) is 43.8 Å². The molecule has 1 atom stereocenters. The van der Waals surface area contributed by atoms with Gasteiger partial charge in [0.25, 0.3) is 5.56 Å². The average molecular weight is 552 g/mol. The molecule has 8 heteroatoms. The lowest BCUT2D eigenvalue weighted by atomic mass is 9.63. The van der Waals surface area contributed by atoms with E-state index in [0.717, 1.165) is 34.7 Å². The summed E-state index contributed by atoms with van der Waals surface area (Å²) in [6.07, 6.45) is 9.44. The fraction of sp³-hybridized carbons (Fsp3) is 0.567. The molecule has 1 unspecified atom stereocenters. The van der Waals surface area contributed by atoms with Gasteiger partial charge in [-0.05, 0) is 120 Å². The molecular weight excluding hydrogens is 514 g/mol. The number of hydrogen-bond acceptors (Lipinski definition) is 6. The number of likely N-dealkylation sites (tertiary alicyclic amines) is 1. The number of thioether (sulfide) groups is 1. The predicted octanol–water partition coefficient (Wildman–Crippen LogP) is 7.21. The van der Waals surface area contributed by atoms with Gasteiger partial charge >= 0.3 is 0 Å². The smallest absolute Gasteiger partial charge is 0.271 e. The molecule has 3 fully saturated rings. The quantitative estimate of drug-likeness (QED) is 0.334. The SMILES string of the molecule is Cc1cc(SC2CC3(CCN(C(C)C)CC3)C2)ccc1Nc1ncc2cc(Cl)c(=O)n(C(C)C3CC3)c2n1. The van der Waals surface area contributed by atoms with Crippen LogP contribution in [0.1, 0.15) is 70.9 Å². The first-order chi connectivity index (χ1) is 18.2. The lowest BCUT2D eigenvalue weighted by molar-refractivity contribution is 0.0267. The van der Waals surface area contributed by atoms with E-state index >= 15 is 0 Å². The number of fused-ring (bicyclic) bond motifs is 1. The monoisotopic (exact) mass is 551 g/mol. The highest BCUT2D eigenvalue weighted by molar-refractivity contribution is 8.00. The maximum Gasteiger partial charge on any atom is 0.271 e. The molecule has 6 rings (SSSR count). The van der Waals surface area contributed by atoms with E-state index in [4.69, 9.17) is 16.6 Å². The van der Waals surface area contributed by atoms with Gasteiger partial charge < -0.3 is 10.2 Å². The fourth-order valence-corrected chi connectivity index (χ4v) is 8.25. The highest BCUT2D eigenvalue weighted by Gasteiger charge is 2.46. The van der Waals surface area contributed by atoms with Gasteiger partial charge in [-0.2, -0.15) is 4.98 Å². The lowest BCUT2D eigenvalue weighted by Gasteiger charge is -2.52. The summed E-state index contributed by atoms with van der Waals surface area (Å²) in [7, 11) is 0. The van der Waals surface area contributed by atoms with Crippen LogP contribution in [0.4, 0.5) is 11.6 Å². The van der Waals surface area contributed by atoms with Crippen LogP contribution in [0, 0.1) is 18.3 Å². The Bertz CT molecular complexity index is 1400. The number of hydrogen-bond donors (Lipinski definition) is 1. The molecule has 1 spiro atoms.